The van der Waals surface area contributed by atoms with Crippen molar-refractivity contribution >= 4 is 11.7 Å². The van der Waals surface area contributed by atoms with Crippen molar-refractivity contribution in [2.24, 2.45) is 11.7 Å². The van der Waals surface area contributed by atoms with Crippen LogP contribution in [0.5, 0.6) is 0 Å². The standard InChI is InChI=1S/C9H10N2O2/c1-6(9(10)13)8(12)7-2-4-11-5-3-7/h2-6H,1H3,(H2,10,13)/t6-/m1/s1. The van der Waals surface area contributed by atoms with E-state index >= 15 is 0 Å². The van der Waals surface area contributed by atoms with Crippen molar-refractivity contribution in [3.63, 3.8) is 0 Å². The van der Waals surface area contributed by atoms with Crippen LogP contribution >= 0.6 is 0 Å². The average Bonchev–Trinajstić information content (AvgIpc) is 2.17. The van der Waals surface area contributed by atoms with E-state index in [4.69, 9.17) is 5.73 Å². The topological polar surface area (TPSA) is 73.1 Å². The van der Waals surface area contributed by atoms with Gasteiger partial charge in [0.1, 0.15) is 0 Å². The molecule has 1 atom stereocenters. The van der Waals surface area contributed by atoms with Gasteiger partial charge < -0.3 is 5.73 Å². The third-order valence-electron chi connectivity index (χ3n) is 1.78. The van der Waals surface area contributed by atoms with Crippen LogP contribution in [0.1, 0.15) is 17.3 Å². The lowest BCUT2D eigenvalue weighted by atomic mass is 10.00. The fourth-order valence-corrected chi connectivity index (χ4v) is 0.895. The van der Waals surface area contributed by atoms with Gasteiger partial charge in [0.25, 0.3) is 0 Å². The molecule has 0 bridgehead atoms. The first kappa shape index (κ1) is 9.38. The van der Waals surface area contributed by atoms with Gasteiger partial charge in [-0.15, -0.1) is 0 Å². The van der Waals surface area contributed by atoms with Crippen molar-refractivity contribution in [3.05, 3.63) is 30.1 Å². The van der Waals surface area contributed by atoms with Crippen molar-refractivity contribution in [3.8, 4) is 0 Å². The molecule has 1 aromatic heterocycles. The van der Waals surface area contributed by atoms with Crippen LogP contribution in [-0.4, -0.2) is 16.7 Å². The first-order valence-electron chi connectivity index (χ1n) is 3.86. The summed E-state index contributed by atoms with van der Waals surface area (Å²) in [7, 11) is 0. The fraction of sp³-hybridized carbons (Fsp3) is 0.222. The van der Waals surface area contributed by atoms with E-state index in [1.807, 2.05) is 0 Å². The average molecular weight is 178 g/mol. The van der Waals surface area contributed by atoms with Crippen molar-refractivity contribution < 1.29 is 9.59 Å². The predicted molar refractivity (Wildman–Crippen MR) is 46.9 cm³/mol. The molecule has 0 spiro atoms. The summed E-state index contributed by atoms with van der Waals surface area (Å²) in [4.78, 5) is 25.9. The Morgan fingerprint density at radius 3 is 2.38 bits per heavy atom. The van der Waals surface area contributed by atoms with Crippen molar-refractivity contribution in [2.45, 2.75) is 6.92 Å². The molecular weight excluding hydrogens is 168 g/mol. The lowest BCUT2D eigenvalue weighted by molar-refractivity contribution is -0.119. The molecule has 0 aliphatic carbocycles. The van der Waals surface area contributed by atoms with Gasteiger partial charge in [-0.1, -0.05) is 0 Å². The van der Waals surface area contributed by atoms with Gasteiger partial charge in [-0.05, 0) is 19.1 Å². The second kappa shape index (κ2) is 3.80. The molecule has 0 saturated carbocycles. The van der Waals surface area contributed by atoms with Gasteiger partial charge in [0.2, 0.25) is 5.91 Å². The number of pyridine rings is 1. The monoisotopic (exact) mass is 178 g/mol. The molecule has 1 rings (SSSR count). The zero-order valence-electron chi connectivity index (χ0n) is 7.23. The maximum atomic E-state index is 11.5. The maximum Gasteiger partial charge on any atom is 0.228 e. The number of primary amides is 1. The van der Waals surface area contributed by atoms with E-state index in [1.54, 1.807) is 12.1 Å². The van der Waals surface area contributed by atoms with Crippen LogP contribution < -0.4 is 5.73 Å². The highest BCUT2D eigenvalue weighted by Gasteiger charge is 2.19. The van der Waals surface area contributed by atoms with Crippen LogP contribution in [-0.2, 0) is 4.79 Å². The van der Waals surface area contributed by atoms with Crippen LogP contribution in [0.3, 0.4) is 0 Å². The molecule has 0 aliphatic rings. The normalized spacial score (nSPS) is 12.1. The van der Waals surface area contributed by atoms with Crippen molar-refractivity contribution in [1.82, 2.24) is 4.98 Å². The molecule has 4 nitrogen and oxygen atoms in total. The van der Waals surface area contributed by atoms with E-state index in [0.29, 0.717) is 5.56 Å². The third-order valence-corrected chi connectivity index (χ3v) is 1.78. The highest BCUT2D eigenvalue weighted by molar-refractivity contribution is 6.09. The van der Waals surface area contributed by atoms with Gasteiger partial charge in [0.15, 0.2) is 5.78 Å². The van der Waals surface area contributed by atoms with E-state index in [1.165, 1.54) is 19.3 Å². The summed E-state index contributed by atoms with van der Waals surface area (Å²) in [5, 5.41) is 0. The Kier molecular flexibility index (Phi) is 2.74. The summed E-state index contributed by atoms with van der Waals surface area (Å²) < 4.78 is 0. The first-order valence-corrected chi connectivity index (χ1v) is 3.86. The Bertz CT molecular complexity index is 322. The molecule has 0 fully saturated rings. The molecule has 13 heavy (non-hydrogen) atoms. The number of aromatic nitrogens is 1. The number of Topliss-reactive ketones (excluding diaryl/α,β-unsaturated/α-hetero) is 1. The summed E-state index contributed by atoms with van der Waals surface area (Å²) in [6.45, 7) is 1.49. The van der Waals surface area contributed by atoms with E-state index in [9.17, 15) is 9.59 Å². The minimum atomic E-state index is -0.776. The molecule has 2 N–H and O–H groups in total. The van der Waals surface area contributed by atoms with Crippen molar-refractivity contribution in [2.75, 3.05) is 0 Å². The zero-order valence-corrected chi connectivity index (χ0v) is 7.23. The van der Waals surface area contributed by atoms with E-state index in [0.717, 1.165) is 0 Å². The lowest BCUT2D eigenvalue weighted by Crippen LogP contribution is -2.27. The number of rotatable bonds is 3. The van der Waals surface area contributed by atoms with E-state index in [2.05, 4.69) is 4.98 Å². The fourth-order valence-electron chi connectivity index (χ4n) is 0.895. The number of carbonyl (C=O) groups is 2. The van der Waals surface area contributed by atoms with Crippen LogP contribution in [0.15, 0.2) is 24.5 Å². The number of nitrogens with two attached hydrogens (primary N) is 1. The van der Waals surface area contributed by atoms with E-state index < -0.39 is 11.8 Å². The number of carbonyl (C=O) groups excluding carboxylic acids is 2. The minimum absolute atomic E-state index is 0.269. The van der Waals surface area contributed by atoms with Gasteiger partial charge in [-0.3, -0.25) is 14.6 Å². The van der Waals surface area contributed by atoms with Gasteiger partial charge in [0.05, 0.1) is 5.92 Å². The molecular formula is C9H10N2O2. The molecule has 1 heterocycles. The van der Waals surface area contributed by atoms with Crippen LogP contribution in [0.2, 0.25) is 0 Å². The van der Waals surface area contributed by atoms with Gasteiger partial charge >= 0.3 is 0 Å². The number of ketones is 1. The maximum absolute atomic E-state index is 11.5. The number of nitrogens with zero attached hydrogens (tertiary/aromatic N) is 1. The molecule has 0 aliphatic heterocycles. The number of hydrogen-bond donors (Lipinski definition) is 1. The Morgan fingerprint density at radius 1 is 1.38 bits per heavy atom. The number of hydrogen-bond acceptors (Lipinski definition) is 3. The second-order valence-electron chi connectivity index (χ2n) is 2.72. The van der Waals surface area contributed by atoms with Gasteiger partial charge in [-0.25, -0.2) is 0 Å². The summed E-state index contributed by atoms with van der Waals surface area (Å²) in [5.41, 5.74) is 5.46. The number of amides is 1. The van der Waals surface area contributed by atoms with Crippen LogP contribution in [0, 0.1) is 5.92 Å². The highest BCUT2D eigenvalue weighted by atomic mass is 16.2. The lowest BCUT2D eigenvalue weighted by Gasteiger charge is -2.04. The van der Waals surface area contributed by atoms with E-state index in [-0.39, 0.29) is 5.78 Å². The minimum Gasteiger partial charge on any atom is -0.369 e. The summed E-state index contributed by atoms with van der Waals surface area (Å²) in [6, 6.07) is 3.11. The van der Waals surface area contributed by atoms with Gasteiger partial charge in [0, 0.05) is 18.0 Å². The highest BCUT2D eigenvalue weighted by Crippen LogP contribution is 2.06. The molecule has 1 amide bonds. The van der Waals surface area contributed by atoms with Crippen LogP contribution in [0.25, 0.3) is 0 Å². The van der Waals surface area contributed by atoms with Crippen LogP contribution in [0.4, 0.5) is 0 Å². The van der Waals surface area contributed by atoms with Crippen molar-refractivity contribution in [1.29, 1.82) is 0 Å². The Labute approximate surface area is 75.8 Å². The first-order chi connectivity index (χ1) is 6.13. The molecule has 0 radical (unpaired) electrons. The summed E-state index contributed by atoms with van der Waals surface area (Å²) >= 11 is 0. The van der Waals surface area contributed by atoms with Gasteiger partial charge in [-0.2, -0.15) is 0 Å². The largest absolute Gasteiger partial charge is 0.369 e. The quantitative estimate of drug-likeness (QED) is 0.537. The smallest absolute Gasteiger partial charge is 0.228 e. The molecule has 0 saturated heterocycles. The third kappa shape index (κ3) is 2.11. The Balaban J connectivity index is 2.86. The molecule has 0 aromatic carbocycles. The molecule has 68 valence electrons. The second-order valence-corrected chi connectivity index (χ2v) is 2.72. The Hall–Kier alpha value is -1.71. The summed E-state index contributed by atoms with van der Waals surface area (Å²) in [5.74, 6) is -1.65. The Morgan fingerprint density at radius 2 is 1.92 bits per heavy atom. The summed E-state index contributed by atoms with van der Waals surface area (Å²) in [6.07, 6.45) is 3.00. The SMILES string of the molecule is C[C@@H](C(N)=O)C(=O)c1ccncc1. The predicted octanol–water partition coefficient (Wildman–Crippen LogP) is 0.386. The molecule has 4 heteroatoms. The zero-order chi connectivity index (χ0) is 9.84. The molecule has 0 unspecified atom stereocenters. The molecule has 1 aromatic rings.